The molecular formula is C24H33N5O2. The van der Waals surface area contributed by atoms with Crippen LogP contribution in [0.3, 0.4) is 0 Å². The van der Waals surface area contributed by atoms with Gasteiger partial charge in [-0.05, 0) is 57.1 Å². The highest BCUT2D eigenvalue weighted by molar-refractivity contribution is 5.96. The molecule has 0 radical (unpaired) electrons. The highest BCUT2D eigenvalue weighted by Gasteiger charge is 2.20. The van der Waals surface area contributed by atoms with Gasteiger partial charge in [0.15, 0.2) is 0 Å². The summed E-state index contributed by atoms with van der Waals surface area (Å²) in [6.45, 7) is 10.7. The molecule has 1 aromatic carbocycles. The smallest absolute Gasteiger partial charge is 0.255 e. The molecule has 0 saturated carbocycles. The summed E-state index contributed by atoms with van der Waals surface area (Å²) in [6, 6.07) is 9.31. The average Bonchev–Trinajstić information content (AvgIpc) is 2.79. The predicted molar refractivity (Wildman–Crippen MR) is 124 cm³/mol. The quantitative estimate of drug-likeness (QED) is 0.739. The maximum atomic E-state index is 12.8. The second-order valence-electron chi connectivity index (χ2n) is 8.07. The molecule has 3 rings (SSSR count). The van der Waals surface area contributed by atoms with Gasteiger partial charge in [0.2, 0.25) is 0 Å². The normalized spacial score (nSPS) is 14.4. The van der Waals surface area contributed by atoms with E-state index in [1.807, 2.05) is 47.9 Å². The third-order valence-electron chi connectivity index (χ3n) is 5.71. The van der Waals surface area contributed by atoms with Gasteiger partial charge in [-0.15, -0.1) is 0 Å². The summed E-state index contributed by atoms with van der Waals surface area (Å²) in [5.74, 6) is 0.698. The number of piperazine rings is 1. The van der Waals surface area contributed by atoms with Crippen LogP contribution in [0.5, 0.6) is 0 Å². The number of rotatable bonds is 7. The van der Waals surface area contributed by atoms with Crippen LogP contribution in [-0.4, -0.2) is 77.8 Å². The van der Waals surface area contributed by atoms with Crippen LogP contribution in [-0.2, 0) is 0 Å². The second kappa shape index (κ2) is 10.4. The number of aromatic nitrogens is 1. The van der Waals surface area contributed by atoms with E-state index in [-0.39, 0.29) is 11.8 Å². The molecule has 0 bridgehead atoms. The topological polar surface area (TPSA) is 68.8 Å². The number of carbonyl (C=O) groups excluding carboxylic acids is 2. The first-order chi connectivity index (χ1) is 14.9. The van der Waals surface area contributed by atoms with Crippen LogP contribution in [0.4, 0.5) is 11.5 Å². The molecule has 2 amide bonds. The lowest BCUT2D eigenvalue weighted by Gasteiger charge is -2.32. The Bertz CT molecular complexity index is 905. The number of nitrogens with one attached hydrogen (secondary N) is 1. The first kappa shape index (κ1) is 22.7. The van der Waals surface area contributed by atoms with Gasteiger partial charge in [0.25, 0.3) is 11.8 Å². The molecule has 0 aliphatic carbocycles. The van der Waals surface area contributed by atoms with Crippen molar-refractivity contribution >= 4 is 23.3 Å². The van der Waals surface area contributed by atoms with Crippen molar-refractivity contribution in [1.82, 2.24) is 19.7 Å². The van der Waals surface area contributed by atoms with Crippen LogP contribution in [0.2, 0.25) is 0 Å². The lowest BCUT2D eigenvalue weighted by Crippen LogP contribution is -2.47. The van der Waals surface area contributed by atoms with Crippen molar-refractivity contribution in [1.29, 1.82) is 0 Å². The molecule has 166 valence electrons. The van der Waals surface area contributed by atoms with Gasteiger partial charge >= 0.3 is 0 Å². The first-order valence-electron chi connectivity index (χ1n) is 11.0. The molecule has 0 spiro atoms. The minimum Gasteiger partial charge on any atom is -0.340 e. The lowest BCUT2D eigenvalue weighted by atomic mass is 10.1. The number of aryl methyl sites for hydroxylation is 1. The van der Waals surface area contributed by atoms with Gasteiger partial charge in [-0.1, -0.05) is 13.0 Å². The number of carbonyl (C=O) groups is 2. The number of hydrogen-bond acceptors (Lipinski definition) is 5. The van der Waals surface area contributed by atoms with E-state index >= 15 is 0 Å². The van der Waals surface area contributed by atoms with Crippen molar-refractivity contribution in [2.45, 2.75) is 27.2 Å². The Morgan fingerprint density at radius 2 is 1.77 bits per heavy atom. The van der Waals surface area contributed by atoms with Crippen molar-refractivity contribution in [3.8, 4) is 0 Å². The molecule has 2 heterocycles. The zero-order chi connectivity index (χ0) is 22.4. The van der Waals surface area contributed by atoms with E-state index in [1.165, 1.54) is 0 Å². The number of anilines is 2. The van der Waals surface area contributed by atoms with Crippen LogP contribution in [0, 0.1) is 6.92 Å². The molecule has 2 aromatic rings. The summed E-state index contributed by atoms with van der Waals surface area (Å²) in [5.41, 5.74) is 3.11. The summed E-state index contributed by atoms with van der Waals surface area (Å²) in [4.78, 5) is 35.9. The van der Waals surface area contributed by atoms with E-state index in [0.717, 1.165) is 50.4 Å². The standard InChI is InChI=1S/C24H33N5O2/c1-5-11-28(6-2)23(30)19-8-7-18(3)21(16-19)26-22-10-9-20(17-25-22)24(31)29-14-12-27(4)13-15-29/h7-10,16-17H,5-6,11-15H2,1-4H3,(H,25,26). The predicted octanol–water partition coefficient (Wildman–Crippen LogP) is 3.39. The Morgan fingerprint density at radius 1 is 1.06 bits per heavy atom. The van der Waals surface area contributed by atoms with Crippen molar-refractivity contribution in [2.24, 2.45) is 0 Å². The molecule has 0 atom stereocenters. The summed E-state index contributed by atoms with van der Waals surface area (Å²) in [5, 5.41) is 3.29. The third-order valence-corrected chi connectivity index (χ3v) is 5.71. The van der Waals surface area contributed by atoms with Gasteiger partial charge in [-0.25, -0.2) is 4.98 Å². The van der Waals surface area contributed by atoms with Crippen LogP contribution >= 0.6 is 0 Å². The van der Waals surface area contributed by atoms with E-state index in [0.29, 0.717) is 23.5 Å². The van der Waals surface area contributed by atoms with Crippen LogP contribution in [0.25, 0.3) is 0 Å². The fourth-order valence-electron chi connectivity index (χ4n) is 3.67. The largest absolute Gasteiger partial charge is 0.340 e. The number of nitrogens with zero attached hydrogens (tertiary/aromatic N) is 4. The fourth-order valence-corrected chi connectivity index (χ4v) is 3.67. The molecule has 1 saturated heterocycles. The number of benzene rings is 1. The van der Waals surface area contributed by atoms with Gasteiger partial charge in [-0.2, -0.15) is 0 Å². The highest BCUT2D eigenvalue weighted by Crippen LogP contribution is 2.22. The summed E-state index contributed by atoms with van der Waals surface area (Å²) < 4.78 is 0. The third kappa shape index (κ3) is 5.61. The molecular weight excluding hydrogens is 390 g/mol. The molecule has 1 fully saturated rings. The highest BCUT2D eigenvalue weighted by atomic mass is 16.2. The average molecular weight is 424 g/mol. The molecule has 1 aliphatic heterocycles. The molecule has 0 unspecified atom stereocenters. The lowest BCUT2D eigenvalue weighted by molar-refractivity contribution is 0.0663. The summed E-state index contributed by atoms with van der Waals surface area (Å²) in [6.07, 6.45) is 2.55. The van der Waals surface area contributed by atoms with Crippen molar-refractivity contribution < 1.29 is 9.59 Å². The Balaban J connectivity index is 1.71. The molecule has 31 heavy (non-hydrogen) atoms. The van der Waals surface area contributed by atoms with Gasteiger partial charge < -0.3 is 20.0 Å². The Morgan fingerprint density at radius 3 is 2.39 bits per heavy atom. The fraction of sp³-hybridized carbons (Fsp3) is 0.458. The maximum absolute atomic E-state index is 12.8. The van der Waals surface area contributed by atoms with Crippen LogP contribution in [0.1, 0.15) is 46.5 Å². The number of hydrogen-bond donors (Lipinski definition) is 1. The minimum atomic E-state index is 0.0199. The van der Waals surface area contributed by atoms with E-state index in [4.69, 9.17) is 0 Å². The zero-order valence-corrected chi connectivity index (χ0v) is 19.0. The van der Waals surface area contributed by atoms with E-state index < -0.39 is 0 Å². The summed E-state index contributed by atoms with van der Waals surface area (Å²) >= 11 is 0. The number of amides is 2. The first-order valence-corrected chi connectivity index (χ1v) is 11.0. The van der Waals surface area contributed by atoms with Gasteiger partial charge in [0.05, 0.1) is 5.56 Å². The maximum Gasteiger partial charge on any atom is 0.255 e. The second-order valence-corrected chi connectivity index (χ2v) is 8.07. The molecule has 7 nitrogen and oxygen atoms in total. The minimum absolute atomic E-state index is 0.0199. The molecule has 7 heteroatoms. The van der Waals surface area contributed by atoms with E-state index in [2.05, 4.69) is 29.2 Å². The monoisotopic (exact) mass is 423 g/mol. The Hall–Kier alpha value is -2.93. The summed E-state index contributed by atoms with van der Waals surface area (Å²) in [7, 11) is 2.07. The van der Waals surface area contributed by atoms with Gasteiger partial charge in [0.1, 0.15) is 5.82 Å². The van der Waals surface area contributed by atoms with E-state index in [1.54, 1.807) is 12.3 Å². The Labute approximate surface area is 185 Å². The van der Waals surface area contributed by atoms with Gasteiger partial charge in [0, 0.05) is 56.7 Å². The Kier molecular flexibility index (Phi) is 7.63. The zero-order valence-electron chi connectivity index (χ0n) is 19.0. The van der Waals surface area contributed by atoms with Gasteiger partial charge in [-0.3, -0.25) is 9.59 Å². The van der Waals surface area contributed by atoms with Crippen LogP contribution < -0.4 is 5.32 Å². The van der Waals surface area contributed by atoms with Crippen LogP contribution in [0.15, 0.2) is 36.5 Å². The van der Waals surface area contributed by atoms with Crippen molar-refractivity contribution in [2.75, 3.05) is 51.6 Å². The number of likely N-dealkylation sites (N-methyl/N-ethyl adjacent to an activating group) is 1. The van der Waals surface area contributed by atoms with Crippen molar-refractivity contribution in [3.05, 3.63) is 53.2 Å². The van der Waals surface area contributed by atoms with E-state index in [9.17, 15) is 9.59 Å². The van der Waals surface area contributed by atoms with Crippen molar-refractivity contribution in [3.63, 3.8) is 0 Å². The molecule has 1 aromatic heterocycles. The SMILES string of the molecule is CCCN(CC)C(=O)c1ccc(C)c(Nc2ccc(C(=O)N3CCN(C)CC3)cn2)c1. The number of pyridine rings is 1. The molecule has 1 aliphatic rings. The molecule has 1 N–H and O–H groups in total.